The van der Waals surface area contributed by atoms with E-state index in [-0.39, 0.29) is 4.90 Å². The van der Waals surface area contributed by atoms with Crippen LogP contribution >= 0.6 is 0 Å². The average Bonchev–Trinajstić information content (AvgIpc) is 2.37. The zero-order valence-corrected chi connectivity index (χ0v) is 11.6. The molecule has 0 saturated heterocycles. The molecular weight excluding hydrogens is 262 g/mol. The molecule has 19 heavy (non-hydrogen) atoms. The summed E-state index contributed by atoms with van der Waals surface area (Å²) in [6.07, 6.45) is 1.95. The first-order chi connectivity index (χ1) is 9.04. The summed E-state index contributed by atoms with van der Waals surface area (Å²) in [6, 6.07) is 10.6. The molecule has 4 nitrogen and oxygen atoms in total. The molecule has 2 aromatic carbocycles. The second-order valence-electron chi connectivity index (χ2n) is 4.42. The van der Waals surface area contributed by atoms with Gasteiger partial charge in [-0.3, -0.25) is 4.55 Å². The monoisotopic (exact) mass is 279 g/mol. The van der Waals surface area contributed by atoms with Gasteiger partial charge in [0.25, 0.3) is 10.1 Å². The smallest absolute Gasteiger partial charge is 0.296 e. The molecule has 0 unspecified atom stereocenters. The van der Waals surface area contributed by atoms with Crippen molar-refractivity contribution in [2.75, 3.05) is 11.9 Å². The van der Waals surface area contributed by atoms with Gasteiger partial charge in [-0.2, -0.15) is 8.42 Å². The highest BCUT2D eigenvalue weighted by Gasteiger charge is 2.17. The number of hydrogen-bond donors (Lipinski definition) is 2. The van der Waals surface area contributed by atoms with Crippen LogP contribution in [0.4, 0.5) is 5.69 Å². The molecule has 5 heteroatoms. The third-order valence-corrected chi connectivity index (χ3v) is 3.90. The summed E-state index contributed by atoms with van der Waals surface area (Å²) in [4.78, 5) is -0.0673. The number of unbranched alkanes of at least 4 members (excludes halogenated alkanes) is 1. The molecule has 0 aliphatic rings. The van der Waals surface area contributed by atoms with Gasteiger partial charge in [0, 0.05) is 11.9 Å². The molecule has 0 aliphatic heterocycles. The van der Waals surface area contributed by atoms with Gasteiger partial charge in [0.2, 0.25) is 0 Å². The maximum Gasteiger partial charge on any atom is 0.296 e. The van der Waals surface area contributed by atoms with Crippen molar-refractivity contribution in [2.45, 2.75) is 24.7 Å². The van der Waals surface area contributed by atoms with E-state index < -0.39 is 10.1 Å². The average molecular weight is 279 g/mol. The summed E-state index contributed by atoms with van der Waals surface area (Å²) in [5, 5.41) is 4.86. The fourth-order valence-corrected chi connectivity index (χ4v) is 2.72. The van der Waals surface area contributed by atoms with Crippen LogP contribution in [-0.2, 0) is 10.1 Å². The van der Waals surface area contributed by atoms with Crippen LogP contribution in [0.15, 0.2) is 41.3 Å². The molecule has 2 N–H and O–H groups in total. The minimum Gasteiger partial charge on any atom is -0.383 e. The quantitative estimate of drug-likeness (QED) is 0.651. The van der Waals surface area contributed by atoms with Crippen LogP contribution in [0, 0.1) is 0 Å². The van der Waals surface area contributed by atoms with E-state index in [1.807, 2.05) is 24.3 Å². The molecule has 0 spiro atoms. The molecule has 0 heterocycles. The zero-order chi connectivity index (χ0) is 13.9. The predicted octanol–water partition coefficient (Wildman–Crippen LogP) is 3.30. The predicted molar refractivity (Wildman–Crippen MR) is 77.2 cm³/mol. The highest BCUT2D eigenvalue weighted by molar-refractivity contribution is 7.86. The van der Waals surface area contributed by atoms with Crippen molar-refractivity contribution < 1.29 is 13.0 Å². The van der Waals surface area contributed by atoms with E-state index in [9.17, 15) is 13.0 Å². The Morgan fingerprint density at radius 3 is 2.58 bits per heavy atom. The van der Waals surface area contributed by atoms with E-state index in [2.05, 4.69) is 12.2 Å². The van der Waals surface area contributed by atoms with E-state index in [1.54, 1.807) is 6.07 Å². The topological polar surface area (TPSA) is 66.4 Å². The lowest BCUT2D eigenvalue weighted by molar-refractivity contribution is 0.483. The normalized spacial score (nSPS) is 11.7. The van der Waals surface area contributed by atoms with Crippen molar-refractivity contribution in [2.24, 2.45) is 0 Å². The maximum atomic E-state index is 11.4. The Bertz CT molecular complexity index is 680. The number of benzene rings is 2. The van der Waals surface area contributed by atoms with E-state index in [1.165, 1.54) is 6.07 Å². The summed E-state index contributed by atoms with van der Waals surface area (Å²) in [5.74, 6) is 0. The molecule has 0 atom stereocenters. The van der Waals surface area contributed by atoms with Crippen LogP contribution in [0.3, 0.4) is 0 Å². The highest BCUT2D eigenvalue weighted by Crippen LogP contribution is 2.30. The molecule has 0 aliphatic carbocycles. The Kier molecular flexibility index (Phi) is 4.07. The van der Waals surface area contributed by atoms with E-state index >= 15 is 0 Å². The molecule has 0 radical (unpaired) electrons. The number of anilines is 1. The Hall–Kier alpha value is -1.59. The van der Waals surface area contributed by atoms with Crippen molar-refractivity contribution in [3.63, 3.8) is 0 Å². The molecule has 102 valence electrons. The van der Waals surface area contributed by atoms with Crippen LogP contribution in [0.2, 0.25) is 0 Å². The van der Waals surface area contributed by atoms with Gasteiger partial charge in [-0.25, -0.2) is 0 Å². The van der Waals surface area contributed by atoms with Gasteiger partial charge in [-0.05, 0) is 17.9 Å². The minimum atomic E-state index is -4.22. The number of rotatable bonds is 5. The highest BCUT2D eigenvalue weighted by atomic mass is 32.2. The molecule has 2 aromatic rings. The standard InChI is InChI=1S/C14H17NO3S/c1-2-3-10-15-14-12-7-5-4-6-11(12)8-9-13(14)19(16,17)18/h4-9,15H,2-3,10H2,1H3,(H,16,17,18). The molecule has 0 bridgehead atoms. The van der Waals surface area contributed by atoms with Crippen LogP contribution in [-0.4, -0.2) is 19.5 Å². The second kappa shape index (κ2) is 5.59. The molecule has 0 aromatic heterocycles. The Morgan fingerprint density at radius 1 is 1.16 bits per heavy atom. The second-order valence-corrected chi connectivity index (χ2v) is 5.81. The van der Waals surface area contributed by atoms with Crippen molar-refractivity contribution >= 4 is 26.6 Å². The van der Waals surface area contributed by atoms with Crippen LogP contribution in [0.25, 0.3) is 10.8 Å². The van der Waals surface area contributed by atoms with Crippen LogP contribution < -0.4 is 5.32 Å². The Balaban J connectivity index is 2.58. The summed E-state index contributed by atoms with van der Waals surface area (Å²) in [6.45, 7) is 2.74. The van der Waals surface area contributed by atoms with Gasteiger partial charge in [0.15, 0.2) is 0 Å². The molecule has 2 rings (SSSR count). The van der Waals surface area contributed by atoms with E-state index in [0.717, 1.165) is 23.6 Å². The van der Waals surface area contributed by atoms with Gasteiger partial charge in [0.05, 0.1) is 5.69 Å². The van der Waals surface area contributed by atoms with Crippen LogP contribution in [0.5, 0.6) is 0 Å². The third-order valence-electron chi connectivity index (χ3n) is 3.00. The van der Waals surface area contributed by atoms with Crippen molar-refractivity contribution in [3.05, 3.63) is 36.4 Å². The van der Waals surface area contributed by atoms with Gasteiger partial charge in [-0.1, -0.05) is 43.7 Å². The lowest BCUT2D eigenvalue weighted by atomic mass is 10.1. The lowest BCUT2D eigenvalue weighted by Gasteiger charge is -2.13. The van der Waals surface area contributed by atoms with Crippen molar-refractivity contribution in [3.8, 4) is 0 Å². The molecule has 0 amide bonds. The van der Waals surface area contributed by atoms with Gasteiger partial charge in [-0.15, -0.1) is 0 Å². The fourth-order valence-electron chi connectivity index (χ4n) is 2.04. The lowest BCUT2D eigenvalue weighted by Crippen LogP contribution is -2.08. The van der Waals surface area contributed by atoms with Gasteiger partial charge >= 0.3 is 0 Å². The Morgan fingerprint density at radius 2 is 1.89 bits per heavy atom. The number of hydrogen-bond acceptors (Lipinski definition) is 3. The number of fused-ring (bicyclic) bond motifs is 1. The summed E-state index contributed by atoms with van der Waals surface area (Å²) in [5.41, 5.74) is 0.481. The van der Waals surface area contributed by atoms with E-state index in [4.69, 9.17) is 0 Å². The first-order valence-corrected chi connectivity index (χ1v) is 7.71. The van der Waals surface area contributed by atoms with Crippen molar-refractivity contribution in [1.29, 1.82) is 0 Å². The summed E-state index contributed by atoms with van der Waals surface area (Å²) in [7, 11) is -4.22. The largest absolute Gasteiger partial charge is 0.383 e. The third kappa shape index (κ3) is 3.05. The van der Waals surface area contributed by atoms with Crippen LogP contribution in [0.1, 0.15) is 19.8 Å². The first kappa shape index (κ1) is 13.8. The zero-order valence-electron chi connectivity index (χ0n) is 10.8. The molecule has 0 fully saturated rings. The molecular formula is C14H17NO3S. The van der Waals surface area contributed by atoms with E-state index in [0.29, 0.717) is 12.2 Å². The number of nitrogens with one attached hydrogen (secondary N) is 1. The van der Waals surface area contributed by atoms with Crippen molar-refractivity contribution in [1.82, 2.24) is 0 Å². The Labute approximate surface area is 113 Å². The van der Waals surface area contributed by atoms with Gasteiger partial charge < -0.3 is 5.32 Å². The summed E-state index contributed by atoms with van der Waals surface area (Å²) >= 11 is 0. The SMILES string of the molecule is CCCCNc1c(S(=O)(=O)O)ccc2ccccc12. The first-order valence-electron chi connectivity index (χ1n) is 6.27. The summed E-state index contributed by atoms with van der Waals surface area (Å²) < 4.78 is 32.2. The maximum absolute atomic E-state index is 11.4. The molecule has 0 saturated carbocycles. The minimum absolute atomic E-state index is 0.0673. The fraction of sp³-hybridized carbons (Fsp3) is 0.286. The van der Waals surface area contributed by atoms with Gasteiger partial charge in [0.1, 0.15) is 4.90 Å².